The Bertz CT molecular complexity index is 439. The molecule has 0 aromatic heterocycles. The molecule has 1 aliphatic rings. The second kappa shape index (κ2) is 5.19. The Balaban J connectivity index is 2.18. The number of rotatable bonds is 1. The highest BCUT2D eigenvalue weighted by Gasteiger charge is 2.24. The van der Waals surface area contributed by atoms with Crippen LogP contribution >= 0.6 is 23.4 Å². The summed E-state index contributed by atoms with van der Waals surface area (Å²) in [6.45, 7) is 3.56. The largest absolute Gasteiger partial charge is 0.507 e. The van der Waals surface area contributed by atoms with Crippen LogP contribution in [-0.4, -0.2) is 40.0 Å². The first-order valence-electron chi connectivity index (χ1n) is 5.47. The predicted molar refractivity (Wildman–Crippen MR) is 70.9 cm³/mol. The molecule has 1 aliphatic heterocycles. The lowest BCUT2D eigenvalue weighted by molar-refractivity contribution is 0.0760. The molecule has 0 aliphatic carbocycles. The molecular weight excluding hydrogens is 258 g/mol. The molecule has 1 aromatic rings. The number of thioether (sulfide) groups is 1. The lowest BCUT2D eigenvalue weighted by Gasteiger charge is -2.30. The van der Waals surface area contributed by atoms with Crippen molar-refractivity contribution in [3.63, 3.8) is 0 Å². The highest BCUT2D eigenvalue weighted by molar-refractivity contribution is 7.99. The number of phenolic OH excluding ortho intramolecular Hbond substituents is 1. The van der Waals surface area contributed by atoms with Gasteiger partial charge in [0.05, 0.1) is 5.56 Å². The molecule has 5 heteroatoms. The van der Waals surface area contributed by atoms with Gasteiger partial charge in [0, 0.05) is 29.1 Å². The summed E-state index contributed by atoms with van der Waals surface area (Å²) < 4.78 is 0. The van der Waals surface area contributed by atoms with Gasteiger partial charge in [-0.05, 0) is 18.2 Å². The van der Waals surface area contributed by atoms with E-state index in [1.54, 1.807) is 17.0 Å². The van der Waals surface area contributed by atoms with Crippen molar-refractivity contribution in [2.75, 3.05) is 18.8 Å². The lowest BCUT2D eigenvalue weighted by Crippen LogP contribution is -2.41. The van der Waals surface area contributed by atoms with Crippen molar-refractivity contribution in [2.24, 2.45) is 0 Å². The number of carbonyl (C=O) groups is 1. The Morgan fingerprint density at radius 1 is 1.59 bits per heavy atom. The minimum Gasteiger partial charge on any atom is -0.507 e. The van der Waals surface area contributed by atoms with Crippen LogP contribution in [0.2, 0.25) is 5.02 Å². The molecule has 1 fully saturated rings. The molecule has 1 saturated heterocycles. The van der Waals surface area contributed by atoms with E-state index in [2.05, 4.69) is 6.92 Å². The predicted octanol–water partition coefficient (Wildman–Crippen LogP) is 2.62. The van der Waals surface area contributed by atoms with Gasteiger partial charge in [-0.2, -0.15) is 11.8 Å². The molecule has 1 amide bonds. The number of halogens is 1. The van der Waals surface area contributed by atoms with Gasteiger partial charge >= 0.3 is 0 Å². The van der Waals surface area contributed by atoms with Crippen molar-refractivity contribution in [1.29, 1.82) is 0 Å². The maximum atomic E-state index is 12.2. The van der Waals surface area contributed by atoms with E-state index in [9.17, 15) is 9.90 Å². The van der Waals surface area contributed by atoms with E-state index in [1.165, 1.54) is 6.07 Å². The molecule has 0 saturated carbocycles. The first kappa shape index (κ1) is 12.6. The Morgan fingerprint density at radius 2 is 2.35 bits per heavy atom. The molecule has 0 bridgehead atoms. The fraction of sp³-hybridized carbons (Fsp3) is 0.417. The highest BCUT2D eigenvalue weighted by Crippen LogP contribution is 2.25. The molecule has 17 heavy (non-hydrogen) atoms. The van der Waals surface area contributed by atoms with Gasteiger partial charge in [-0.1, -0.05) is 18.5 Å². The molecule has 3 nitrogen and oxygen atoms in total. The van der Waals surface area contributed by atoms with Crippen LogP contribution in [0.15, 0.2) is 18.2 Å². The van der Waals surface area contributed by atoms with Crippen LogP contribution < -0.4 is 0 Å². The number of benzene rings is 1. The van der Waals surface area contributed by atoms with Crippen molar-refractivity contribution >= 4 is 29.3 Å². The highest BCUT2D eigenvalue weighted by atomic mass is 35.5. The van der Waals surface area contributed by atoms with Gasteiger partial charge in [0.25, 0.3) is 5.91 Å². The van der Waals surface area contributed by atoms with E-state index in [1.807, 2.05) is 11.8 Å². The standard InChI is InChI=1S/C12H14ClNO2S/c1-8-7-14(4-5-17-8)12(16)10-3-2-9(13)6-11(10)15/h2-3,6,8,15H,4-5,7H2,1H3. The number of amides is 1. The number of aromatic hydroxyl groups is 1. The van der Waals surface area contributed by atoms with Crippen molar-refractivity contribution in [3.05, 3.63) is 28.8 Å². The topological polar surface area (TPSA) is 40.5 Å². The smallest absolute Gasteiger partial charge is 0.257 e. The van der Waals surface area contributed by atoms with Gasteiger partial charge in [-0.3, -0.25) is 4.79 Å². The number of carbonyl (C=O) groups excluding carboxylic acids is 1. The summed E-state index contributed by atoms with van der Waals surface area (Å²) in [5.74, 6) is 0.779. The SMILES string of the molecule is CC1CN(C(=O)c2ccc(Cl)cc2O)CCS1. The Hall–Kier alpha value is -0.870. The summed E-state index contributed by atoms with van der Waals surface area (Å²) >= 11 is 7.61. The fourth-order valence-electron chi connectivity index (χ4n) is 1.86. The zero-order chi connectivity index (χ0) is 12.4. The van der Waals surface area contributed by atoms with E-state index in [0.29, 0.717) is 15.8 Å². The molecule has 1 unspecified atom stereocenters. The molecule has 1 N–H and O–H groups in total. The van der Waals surface area contributed by atoms with Gasteiger partial charge in [0.2, 0.25) is 0 Å². The van der Waals surface area contributed by atoms with Gasteiger partial charge in [0.15, 0.2) is 0 Å². The third-order valence-corrected chi connectivity index (χ3v) is 4.09. The van der Waals surface area contributed by atoms with E-state index < -0.39 is 0 Å². The van der Waals surface area contributed by atoms with Crippen LogP contribution in [0.5, 0.6) is 5.75 Å². The van der Waals surface area contributed by atoms with E-state index in [-0.39, 0.29) is 11.7 Å². The average molecular weight is 272 g/mol. The zero-order valence-corrected chi connectivity index (χ0v) is 11.1. The number of phenols is 1. The van der Waals surface area contributed by atoms with E-state index in [4.69, 9.17) is 11.6 Å². The average Bonchev–Trinajstić information content (AvgIpc) is 2.28. The zero-order valence-electron chi connectivity index (χ0n) is 9.52. The van der Waals surface area contributed by atoms with Gasteiger partial charge in [-0.15, -0.1) is 0 Å². The summed E-state index contributed by atoms with van der Waals surface area (Å²) in [5, 5.41) is 10.6. The molecule has 0 spiro atoms. The van der Waals surface area contributed by atoms with Crippen molar-refractivity contribution < 1.29 is 9.90 Å². The van der Waals surface area contributed by atoms with Crippen LogP contribution in [0.4, 0.5) is 0 Å². The number of hydrogen-bond donors (Lipinski definition) is 1. The summed E-state index contributed by atoms with van der Waals surface area (Å²) in [6.07, 6.45) is 0. The minimum atomic E-state index is -0.119. The maximum Gasteiger partial charge on any atom is 0.257 e. The molecule has 2 rings (SSSR count). The molecule has 92 valence electrons. The third kappa shape index (κ3) is 2.87. The summed E-state index contributed by atoms with van der Waals surface area (Å²) in [7, 11) is 0. The van der Waals surface area contributed by atoms with E-state index >= 15 is 0 Å². The monoisotopic (exact) mass is 271 g/mol. The van der Waals surface area contributed by atoms with Crippen LogP contribution in [0.3, 0.4) is 0 Å². The first-order valence-corrected chi connectivity index (χ1v) is 6.90. The first-order chi connectivity index (χ1) is 8.08. The maximum absolute atomic E-state index is 12.2. The van der Waals surface area contributed by atoms with Gasteiger partial charge in [-0.25, -0.2) is 0 Å². The van der Waals surface area contributed by atoms with Crippen molar-refractivity contribution in [1.82, 2.24) is 4.90 Å². The van der Waals surface area contributed by atoms with Crippen LogP contribution in [0, 0.1) is 0 Å². The van der Waals surface area contributed by atoms with Crippen LogP contribution in [-0.2, 0) is 0 Å². The lowest BCUT2D eigenvalue weighted by atomic mass is 10.1. The number of hydrogen-bond acceptors (Lipinski definition) is 3. The quantitative estimate of drug-likeness (QED) is 0.854. The van der Waals surface area contributed by atoms with Crippen LogP contribution in [0.1, 0.15) is 17.3 Å². The number of nitrogens with zero attached hydrogens (tertiary/aromatic N) is 1. The third-order valence-electron chi connectivity index (χ3n) is 2.72. The van der Waals surface area contributed by atoms with E-state index in [0.717, 1.165) is 18.8 Å². The van der Waals surface area contributed by atoms with Crippen LogP contribution in [0.25, 0.3) is 0 Å². The van der Waals surface area contributed by atoms with Gasteiger partial charge < -0.3 is 10.0 Å². The Kier molecular flexibility index (Phi) is 3.84. The molecule has 1 heterocycles. The summed E-state index contributed by atoms with van der Waals surface area (Å²) in [5.41, 5.74) is 0.327. The molecule has 1 aromatic carbocycles. The fourth-order valence-corrected chi connectivity index (χ4v) is 3.04. The Labute approximate surface area is 110 Å². The van der Waals surface area contributed by atoms with Crippen molar-refractivity contribution in [2.45, 2.75) is 12.2 Å². The second-order valence-corrected chi connectivity index (χ2v) is 6.08. The van der Waals surface area contributed by atoms with Gasteiger partial charge in [0.1, 0.15) is 5.75 Å². The molecule has 1 atom stereocenters. The Morgan fingerprint density at radius 3 is 3.00 bits per heavy atom. The minimum absolute atomic E-state index is 0.0478. The second-order valence-electron chi connectivity index (χ2n) is 4.09. The molecule has 0 radical (unpaired) electrons. The normalized spacial score (nSPS) is 20.4. The summed E-state index contributed by atoms with van der Waals surface area (Å²) in [4.78, 5) is 14.0. The molecular formula is C12H14ClNO2S. The van der Waals surface area contributed by atoms with Crippen molar-refractivity contribution in [3.8, 4) is 5.75 Å². The summed E-state index contributed by atoms with van der Waals surface area (Å²) in [6, 6.07) is 4.60.